The zero-order valence-electron chi connectivity index (χ0n) is 23.1. The van der Waals surface area contributed by atoms with Crippen molar-refractivity contribution in [2.24, 2.45) is 0 Å². The topological polar surface area (TPSA) is 104 Å². The molecular weight excluding hydrogens is 601 g/mol. The number of aromatic nitrogens is 1. The second kappa shape index (κ2) is 12.8. The highest BCUT2D eigenvalue weighted by molar-refractivity contribution is 6.32. The number of halogens is 6. The third-order valence-electron chi connectivity index (χ3n) is 6.97. The van der Waals surface area contributed by atoms with Gasteiger partial charge in [0.1, 0.15) is 29.0 Å². The van der Waals surface area contributed by atoms with Gasteiger partial charge in [0, 0.05) is 42.8 Å². The van der Waals surface area contributed by atoms with Gasteiger partial charge in [-0.3, -0.25) is 9.59 Å². The number of hydrogen-bond acceptors (Lipinski definition) is 5. The molecule has 3 aromatic rings. The molecule has 2 aromatic carbocycles. The Morgan fingerprint density at radius 2 is 1.91 bits per heavy atom. The maximum absolute atomic E-state index is 14.2. The molecule has 0 saturated carbocycles. The van der Waals surface area contributed by atoms with Crippen LogP contribution in [-0.2, 0) is 23.9 Å². The van der Waals surface area contributed by atoms with Gasteiger partial charge in [-0.05, 0) is 36.1 Å². The Labute approximate surface area is 248 Å². The minimum atomic E-state index is -4.89. The third kappa shape index (κ3) is 7.39. The minimum absolute atomic E-state index is 0.0246. The molecule has 1 aliphatic heterocycles. The number of rotatable bonds is 10. The Bertz CT molecular complexity index is 1530. The smallest absolute Gasteiger partial charge is 0.418 e. The van der Waals surface area contributed by atoms with E-state index in [9.17, 15) is 41.8 Å². The molecule has 4 rings (SSSR count). The molecule has 0 spiro atoms. The zero-order chi connectivity index (χ0) is 31.6. The number of carboxylic acids is 1. The van der Waals surface area contributed by atoms with E-state index < -0.39 is 58.5 Å². The molecule has 1 atom stereocenters. The van der Waals surface area contributed by atoms with E-state index >= 15 is 0 Å². The summed E-state index contributed by atoms with van der Waals surface area (Å²) in [5.41, 5.74) is -1.16. The lowest BCUT2D eigenvalue weighted by molar-refractivity contribution is -0.137. The van der Waals surface area contributed by atoms with Crippen LogP contribution >= 0.6 is 11.6 Å². The average Bonchev–Trinajstić information content (AvgIpc) is 3.52. The number of benzene rings is 2. The van der Waals surface area contributed by atoms with Crippen LogP contribution < -0.4 is 15.0 Å². The van der Waals surface area contributed by atoms with E-state index in [4.69, 9.17) is 16.3 Å². The second-order valence-corrected chi connectivity index (χ2v) is 10.8. The molecule has 14 heteroatoms. The Kier molecular flexibility index (Phi) is 9.55. The van der Waals surface area contributed by atoms with Gasteiger partial charge in [0.05, 0.1) is 35.9 Å². The Balaban J connectivity index is 1.62. The number of anilines is 2. The van der Waals surface area contributed by atoms with Crippen molar-refractivity contribution in [2.75, 3.05) is 29.9 Å². The van der Waals surface area contributed by atoms with E-state index in [-0.39, 0.29) is 54.7 Å². The Morgan fingerprint density at radius 1 is 1.19 bits per heavy atom. The maximum Gasteiger partial charge on any atom is 0.418 e. The quantitative estimate of drug-likeness (QED) is 0.185. The van der Waals surface area contributed by atoms with Gasteiger partial charge in [-0.15, -0.1) is 0 Å². The number of carboxylic acid groups (broad SMARTS) is 1. The molecule has 0 radical (unpaired) electrons. The van der Waals surface area contributed by atoms with Crippen molar-refractivity contribution in [1.29, 1.82) is 0 Å². The van der Waals surface area contributed by atoms with Crippen LogP contribution in [0.25, 0.3) is 0 Å². The van der Waals surface area contributed by atoms with Gasteiger partial charge in [-0.25, -0.2) is 8.78 Å². The fraction of sp³-hybridized carbons (Fsp3) is 0.379. The lowest BCUT2D eigenvalue weighted by Gasteiger charge is -2.25. The van der Waals surface area contributed by atoms with Crippen LogP contribution in [0.15, 0.2) is 36.5 Å². The van der Waals surface area contributed by atoms with E-state index in [0.29, 0.717) is 18.2 Å². The summed E-state index contributed by atoms with van der Waals surface area (Å²) in [6.45, 7) is 3.85. The maximum atomic E-state index is 14.2. The van der Waals surface area contributed by atoms with Crippen LogP contribution in [0.5, 0.6) is 5.75 Å². The van der Waals surface area contributed by atoms with Crippen molar-refractivity contribution in [3.05, 3.63) is 75.6 Å². The van der Waals surface area contributed by atoms with Crippen LogP contribution in [-0.4, -0.2) is 52.5 Å². The summed E-state index contributed by atoms with van der Waals surface area (Å²) in [5.74, 6) is -4.49. The van der Waals surface area contributed by atoms with Gasteiger partial charge in [0.25, 0.3) is 5.91 Å². The van der Waals surface area contributed by atoms with Crippen molar-refractivity contribution in [3.8, 4) is 5.75 Å². The fourth-order valence-corrected chi connectivity index (χ4v) is 5.29. The van der Waals surface area contributed by atoms with Crippen LogP contribution in [0.2, 0.25) is 5.02 Å². The van der Waals surface area contributed by atoms with Crippen molar-refractivity contribution in [3.63, 3.8) is 0 Å². The molecule has 1 fully saturated rings. The second-order valence-electron chi connectivity index (χ2n) is 10.4. The molecule has 1 amide bonds. The highest BCUT2D eigenvalue weighted by Crippen LogP contribution is 2.40. The van der Waals surface area contributed by atoms with Crippen LogP contribution in [0, 0.1) is 11.6 Å². The predicted octanol–water partition coefficient (Wildman–Crippen LogP) is 6.09. The number of hydrogen-bond donors (Lipinski definition) is 3. The molecular formula is C29H29ClF5N3O5. The molecule has 0 aliphatic carbocycles. The van der Waals surface area contributed by atoms with Crippen LogP contribution in [0.3, 0.4) is 0 Å². The highest BCUT2D eigenvalue weighted by Gasteiger charge is 2.37. The number of amides is 1. The van der Waals surface area contributed by atoms with E-state index in [1.165, 1.54) is 17.2 Å². The van der Waals surface area contributed by atoms with Crippen molar-refractivity contribution in [1.82, 2.24) is 4.57 Å². The van der Waals surface area contributed by atoms with Gasteiger partial charge in [-0.1, -0.05) is 25.4 Å². The molecule has 3 N–H and O–H groups in total. The Hall–Kier alpha value is -3.84. The first-order valence-corrected chi connectivity index (χ1v) is 13.7. The monoisotopic (exact) mass is 629 g/mol. The van der Waals surface area contributed by atoms with Gasteiger partial charge >= 0.3 is 12.1 Å². The summed E-state index contributed by atoms with van der Waals surface area (Å²) in [4.78, 5) is 26.4. The summed E-state index contributed by atoms with van der Waals surface area (Å²) in [5, 5.41) is 21.2. The average molecular weight is 630 g/mol. The number of β-amino-alcohol motifs (C(OH)–C–C–N with tert-alkyl or cyclic N) is 1. The predicted molar refractivity (Wildman–Crippen MR) is 149 cm³/mol. The third-order valence-corrected chi connectivity index (χ3v) is 7.33. The first-order chi connectivity index (χ1) is 20.1. The van der Waals surface area contributed by atoms with E-state index in [1.807, 2.05) is 0 Å². The number of carbonyl (C=O) groups is 2. The van der Waals surface area contributed by atoms with E-state index in [1.54, 1.807) is 18.4 Å². The van der Waals surface area contributed by atoms with Gasteiger partial charge in [0.2, 0.25) is 0 Å². The van der Waals surface area contributed by atoms with Gasteiger partial charge < -0.3 is 29.7 Å². The fourth-order valence-electron chi connectivity index (χ4n) is 5.13. The number of nitrogens with zero attached hydrogens (tertiary/aromatic N) is 2. The molecule has 0 bridgehead atoms. The molecule has 1 aliphatic rings. The summed E-state index contributed by atoms with van der Waals surface area (Å²) in [6, 6.07) is 4.78. The number of aliphatic carboxylic acids is 1. The van der Waals surface area contributed by atoms with Gasteiger partial charge in [-0.2, -0.15) is 13.2 Å². The van der Waals surface area contributed by atoms with E-state index in [0.717, 1.165) is 18.2 Å². The number of aliphatic hydroxyl groups excluding tert-OH is 1. The highest BCUT2D eigenvalue weighted by atomic mass is 35.5. The molecule has 0 unspecified atom stereocenters. The largest absolute Gasteiger partial charge is 0.490 e. The summed E-state index contributed by atoms with van der Waals surface area (Å²) in [7, 11) is 0. The summed E-state index contributed by atoms with van der Waals surface area (Å²) in [6.07, 6.45) is -4.40. The van der Waals surface area contributed by atoms with E-state index in [2.05, 4.69) is 5.32 Å². The lowest BCUT2D eigenvalue weighted by atomic mass is 10.0. The standard InChI is InChI=1S/C29H29ClF5N3O5/c1-15(2)27-19(4-6-37(27)7-8-43-24-12-17(31)11-21(32)26(24)30)28(42)36-22-9-16(10-25(40)41)23(13-20(22)29(33,34)35)38-5-3-18(39)14-38/h4,6,9,11-13,15,18,39H,3,5,7-8,10,14H2,1-2H3,(H,36,42)(H,40,41)/t18-/m1/s1. The van der Waals surface area contributed by atoms with Crippen LogP contribution in [0.4, 0.5) is 33.3 Å². The molecule has 2 heterocycles. The first kappa shape index (κ1) is 32.1. The lowest BCUT2D eigenvalue weighted by Crippen LogP contribution is -2.25. The molecule has 43 heavy (non-hydrogen) atoms. The molecule has 8 nitrogen and oxygen atoms in total. The molecule has 232 valence electrons. The number of alkyl halides is 3. The number of aliphatic hydroxyl groups is 1. The number of carbonyl (C=O) groups excluding carboxylic acids is 1. The van der Waals surface area contributed by atoms with Gasteiger partial charge in [0.15, 0.2) is 0 Å². The normalized spacial score (nSPS) is 15.3. The van der Waals surface area contributed by atoms with Crippen LogP contribution in [0.1, 0.15) is 53.4 Å². The number of nitrogens with one attached hydrogen (secondary N) is 1. The molecule has 1 saturated heterocycles. The Morgan fingerprint density at radius 3 is 2.51 bits per heavy atom. The van der Waals surface area contributed by atoms with Crippen molar-refractivity contribution in [2.45, 2.75) is 51.4 Å². The summed E-state index contributed by atoms with van der Waals surface area (Å²) < 4.78 is 76.9. The van der Waals surface area contributed by atoms with Crippen molar-refractivity contribution >= 4 is 34.9 Å². The minimum Gasteiger partial charge on any atom is -0.490 e. The number of ether oxygens (including phenoxy) is 1. The zero-order valence-corrected chi connectivity index (χ0v) is 23.9. The van der Waals surface area contributed by atoms with Crippen molar-refractivity contribution < 1.29 is 46.5 Å². The SMILES string of the molecule is CC(C)c1c(C(=O)Nc2cc(CC(=O)O)c(N3CC[C@@H](O)C3)cc2C(F)(F)F)ccn1CCOc1cc(F)cc(F)c1Cl. The first-order valence-electron chi connectivity index (χ1n) is 13.3. The summed E-state index contributed by atoms with van der Waals surface area (Å²) >= 11 is 5.84. The molecule has 1 aromatic heterocycles.